The van der Waals surface area contributed by atoms with E-state index in [2.05, 4.69) is 0 Å². The first-order valence-corrected chi connectivity index (χ1v) is 3.23. The molecule has 0 fully saturated rings. The van der Waals surface area contributed by atoms with E-state index in [0.29, 0.717) is 0 Å². The van der Waals surface area contributed by atoms with E-state index in [1.165, 1.54) is 0 Å². The number of hydrogen-bond donors (Lipinski definition) is 2. The monoisotopic (exact) mass is 146 g/mol. The van der Waals surface area contributed by atoms with Gasteiger partial charge in [-0.3, -0.25) is 9.11 Å². The normalized spacial score (nSPS) is 9.00. The molecule has 0 aromatic carbocycles. The van der Waals surface area contributed by atoms with Gasteiger partial charge in [0, 0.05) is 0 Å². The average Bonchev–Trinajstić information content (AvgIpc) is 1.36. The van der Waals surface area contributed by atoms with E-state index >= 15 is 0 Å². The van der Waals surface area contributed by atoms with Crippen molar-refractivity contribution in [2.24, 2.45) is 0 Å². The quantitative estimate of drug-likeness (QED) is 0.334. The van der Waals surface area contributed by atoms with E-state index in [-0.39, 0.29) is 16.7 Å². The summed E-state index contributed by atoms with van der Waals surface area (Å²) in [5.41, 5.74) is 0. The van der Waals surface area contributed by atoms with Gasteiger partial charge in [-0.2, -0.15) is 8.42 Å². The van der Waals surface area contributed by atoms with Gasteiger partial charge < -0.3 is 3.52 Å². The largest absolute Gasteiger partial charge is 0.472 e. The van der Waals surface area contributed by atoms with Crippen LogP contribution < -0.4 is 0 Å². The van der Waals surface area contributed by atoms with Gasteiger partial charge in [0.25, 0.3) is 0 Å². The minimum atomic E-state index is -4.67. The summed E-state index contributed by atoms with van der Waals surface area (Å²) in [4.78, 5) is 0. The maximum atomic E-state index is 9.64. The Kier molecular flexibility index (Phi) is 6.63. The maximum Gasteiger partial charge on any atom is 0.472 e. The number of hydrogen-bond acceptors (Lipinski definition) is 2. The molecule has 0 rings (SSSR count). The van der Waals surface area contributed by atoms with Gasteiger partial charge in [0.1, 0.15) is 0 Å². The zero-order valence-corrected chi connectivity index (χ0v) is 6.31. The van der Waals surface area contributed by atoms with Crippen LogP contribution in [0.5, 0.6) is 0 Å². The third-order valence-electron chi connectivity index (χ3n) is 0. The summed E-state index contributed by atoms with van der Waals surface area (Å²) in [6.45, 7) is 0. The van der Waals surface area contributed by atoms with Crippen LogP contribution in [0.15, 0.2) is 0 Å². The molecule has 0 atom stereocenters. The van der Waals surface area contributed by atoms with Crippen molar-refractivity contribution in [1.29, 1.82) is 0 Å². The lowest BCUT2D eigenvalue weighted by Gasteiger charge is -1.68. The fraction of sp³-hybridized carbons (Fsp3) is 0. The second kappa shape index (κ2) is 4.49. The molecule has 0 aliphatic rings. The number of halogens is 1. The molecule has 0 radical (unpaired) electrons. The SMILES string of the molecule is O=S(=O)(O)O.[F][AlH2]. The van der Waals surface area contributed by atoms with Gasteiger partial charge in [0.05, 0.1) is 0 Å². The van der Waals surface area contributed by atoms with Crippen LogP contribution in [0.25, 0.3) is 0 Å². The molecule has 0 saturated carbocycles. The van der Waals surface area contributed by atoms with Crippen molar-refractivity contribution in [2.75, 3.05) is 0 Å². The van der Waals surface area contributed by atoms with E-state index in [9.17, 15) is 3.52 Å². The molecule has 0 spiro atoms. The van der Waals surface area contributed by atoms with Crippen LogP contribution in [0.1, 0.15) is 0 Å². The van der Waals surface area contributed by atoms with Crippen LogP contribution in [0.3, 0.4) is 0 Å². The minimum Gasteiger partial charge on any atom is -0.430 e. The minimum absolute atomic E-state index is 0.194. The first kappa shape index (κ1) is 10.3. The lowest BCUT2D eigenvalue weighted by molar-refractivity contribution is 0.381. The Bertz CT molecular complexity index is 94.9. The van der Waals surface area contributed by atoms with Crippen LogP contribution >= 0.6 is 0 Å². The van der Waals surface area contributed by atoms with Crippen molar-refractivity contribution in [3.63, 3.8) is 0 Å². The molecule has 0 amide bonds. The van der Waals surface area contributed by atoms with E-state index in [0.717, 1.165) is 0 Å². The molecular formula is H4AlFO4S. The summed E-state index contributed by atoms with van der Waals surface area (Å²) in [6.07, 6.45) is 0. The molecule has 0 saturated heterocycles. The van der Waals surface area contributed by atoms with Crippen molar-refractivity contribution in [1.82, 2.24) is 0 Å². The first-order valence-electron chi connectivity index (χ1n) is 1.08. The van der Waals surface area contributed by atoms with Gasteiger partial charge in [0.2, 0.25) is 0 Å². The lowest BCUT2D eigenvalue weighted by atomic mass is 15.8. The Morgan fingerprint density at radius 3 is 1.29 bits per heavy atom. The van der Waals surface area contributed by atoms with Gasteiger partial charge in [-0.25, -0.2) is 0 Å². The van der Waals surface area contributed by atoms with E-state index in [1.807, 2.05) is 0 Å². The fourth-order valence-corrected chi connectivity index (χ4v) is 0. The molecule has 0 aliphatic carbocycles. The molecule has 0 aliphatic heterocycles. The van der Waals surface area contributed by atoms with Gasteiger partial charge in [-0.15, -0.1) is 0 Å². The Morgan fingerprint density at radius 1 is 1.29 bits per heavy atom. The summed E-state index contributed by atoms with van der Waals surface area (Å²) in [5, 5.41) is 0. The van der Waals surface area contributed by atoms with Crippen molar-refractivity contribution in [3.8, 4) is 0 Å². The van der Waals surface area contributed by atoms with Gasteiger partial charge in [-0.1, -0.05) is 0 Å². The Labute approximate surface area is 48.8 Å². The van der Waals surface area contributed by atoms with Gasteiger partial charge >= 0.3 is 27.1 Å². The molecule has 7 heteroatoms. The molecule has 7 heavy (non-hydrogen) atoms. The summed E-state index contributed by atoms with van der Waals surface area (Å²) < 4.78 is 41.2. The fourth-order valence-electron chi connectivity index (χ4n) is 0. The molecule has 4 nitrogen and oxygen atoms in total. The summed E-state index contributed by atoms with van der Waals surface area (Å²) in [7, 11) is -4.67. The highest BCUT2D eigenvalue weighted by molar-refractivity contribution is 7.79. The molecule has 0 bridgehead atoms. The zero-order chi connectivity index (χ0) is 6.50. The molecule has 0 heterocycles. The molecule has 0 unspecified atom stereocenters. The predicted octanol–water partition coefficient (Wildman–Crippen LogP) is -1.15. The summed E-state index contributed by atoms with van der Waals surface area (Å²) >= 11 is -0.194. The van der Waals surface area contributed by atoms with Gasteiger partial charge in [-0.05, 0) is 0 Å². The summed E-state index contributed by atoms with van der Waals surface area (Å²) in [5.74, 6) is 0. The van der Waals surface area contributed by atoms with E-state index in [4.69, 9.17) is 17.5 Å². The molecule has 0 aromatic rings. The lowest BCUT2D eigenvalue weighted by Crippen LogP contribution is -1.89. The Hall–Kier alpha value is 0.332. The first-order chi connectivity index (χ1) is 3.00. The predicted molar refractivity (Wildman–Crippen MR) is 23.8 cm³/mol. The van der Waals surface area contributed by atoms with Crippen LogP contribution in [0.4, 0.5) is 3.52 Å². The maximum absolute atomic E-state index is 9.64. The molecular weight excluding hydrogens is 142 g/mol. The van der Waals surface area contributed by atoms with Crippen molar-refractivity contribution >= 4 is 27.1 Å². The third kappa shape index (κ3) is 1080. The van der Waals surface area contributed by atoms with Crippen LogP contribution in [0.2, 0.25) is 0 Å². The second-order valence-corrected chi connectivity index (χ2v) is 1.34. The topological polar surface area (TPSA) is 74.6 Å². The highest BCUT2D eigenvalue weighted by atomic mass is 32.3. The van der Waals surface area contributed by atoms with Crippen molar-refractivity contribution in [3.05, 3.63) is 0 Å². The smallest absolute Gasteiger partial charge is 0.430 e. The third-order valence-corrected chi connectivity index (χ3v) is 0. The average molecular weight is 146 g/mol. The van der Waals surface area contributed by atoms with E-state index < -0.39 is 10.4 Å². The van der Waals surface area contributed by atoms with Crippen molar-refractivity contribution in [2.45, 2.75) is 0 Å². The molecule has 0 aromatic heterocycles. The van der Waals surface area contributed by atoms with Crippen molar-refractivity contribution < 1.29 is 21.0 Å². The van der Waals surface area contributed by atoms with Crippen LogP contribution in [0, 0.1) is 0 Å². The second-order valence-electron chi connectivity index (χ2n) is 0.448. The van der Waals surface area contributed by atoms with E-state index in [1.54, 1.807) is 0 Å². The Balaban J connectivity index is 0. The van der Waals surface area contributed by atoms with Gasteiger partial charge in [0.15, 0.2) is 0 Å². The highest BCUT2D eigenvalue weighted by Gasteiger charge is 1.84. The molecule has 2 N–H and O–H groups in total. The standard InChI is InChI=1S/Al.FH.H2O4S.2H/c;;1-5(2,3)4;;/h;1H;(H2,1,2,3,4);;/q+1;;;;/p-1. The Morgan fingerprint density at radius 2 is 1.29 bits per heavy atom. The van der Waals surface area contributed by atoms with Crippen LogP contribution in [-0.2, 0) is 10.4 Å². The highest BCUT2D eigenvalue weighted by Crippen LogP contribution is 1.59. The number of rotatable bonds is 0. The van der Waals surface area contributed by atoms with Crippen LogP contribution in [-0.4, -0.2) is 34.3 Å². The zero-order valence-electron chi connectivity index (χ0n) is 3.50. The molecule has 44 valence electrons. The summed E-state index contributed by atoms with van der Waals surface area (Å²) in [6, 6.07) is 0.